The Morgan fingerprint density at radius 1 is 0.463 bits per heavy atom. The van der Waals surface area contributed by atoms with Gasteiger partial charge in [-0.2, -0.15) is 0 Å². The van der Waals surface area contributed by atoms with Crippen molar-refractivity contribution in [3.05, 3.63) is 23.8 Å². The number of aryl methyl sites for hydroxylation is 2. The van der Waals surface area contributed by atoms with E-state index in [1.54, 1.807) is 9.36 Å². The zero-order valence-electron chi connectivity index (χ0n) is 28.8. The Kier molecular flexibility index (Phi) is 47.8. The molecule has 2 aromatic rings. The lowest BCUT2D eigenvalue weighted by Crippen LogP contribution is -2.09. The highest BCUT2D eigenvalue weighted by molar-refractivity contribution is 4.89. The fourth-order valence-corrected chi connectivity index (χ4v) is 2.42. The van der Waals surface area contributed by atoms with Gasteiger partial charge in [-0.3, -0.25) is 9.36 Å². The van der Waals surface area contributed by atoms with E-state index in [2.05, 4.69) is 34.5 Å². The van der Waals surface area contributed by atoms with E-state index in [-0.39, 0.29) is 0 Å². The third kappa shape index (κ3) is 32.5. The van der Waals surface area contributed by atoms with Crippen LogP contribution in [-0.4, -0.2) is 82.8 Å². The quantitative estimate of drug-likeness (QED) is 0.167. The Morgan fingerprint density at radius 2 is 0.756 bits per heavy atom. The van der Waals surface area contributed by atoms with Crippen LogP contribution in [0.15, 0.2) is 12.4 Å². The first-order chi connectivity index (χ1) is 20.2. The summed E-state index contributed by atoms with van der Waals surface area (Å²) in [5.41, 5.74) is 1.72. The maximum atomic E-state index is 5.42. The molecule has 0 spiro atoms. The van der Waals surface area contributed by atoms with Gasteiger partial charge in [0.1, 0.15) is 11.4 Å². The Hall–Kier alpha value is -1.92. The number of rotatable bonds is 19. The molecule has 0 aliphatic carbocycles. The van der Waals surface area contributed by atoms with E-state index >= 15 is 0 Å². The van der Waals surface area contributed by atoms with Crippen LogP contribution in [-0.2, 0) is 50.0 Å². The Morgan fingerprint density at radius 3 is 1.02 bits per heavy atom. The zero-order valence-corrected chi connectivity index (χ0v) is 28.8. The molecular formula is C30H66N6O5. The average molecular weight is 591 g/mol. The molecule has 0 aliphatic heterocycles. The predicted molar refractivity (Wildman–Crippen MR) is 169 cm³/mol. The Bertz CT molecular complexity index is 686. The van der Waals surface area contributed by atoms with E-state index < -0.39 is 0 Å². The molecule has 0 amide bonds. The van der Waals surface area contributed by atoms with Crippen molar-refractivity contribution in [2.45, 2.75) is 122 Å². The van der Waals surface area contributed by atoms with Crippen molar-refractivity contribution < 1.29 is 23.7 Å². The lowest BCUT2D eigenvalue weighted by molar-refractivity contribution is 0.0102. The molecule has 246 valence electrons. The highest BCUT2D eigenvalue weighted by Gasteiger charge is 2.00. The van der Waals surface area contributed by atoms with E-state index in [4.69, 9.17) is 23.7 Å². The maximum Gasteiger partial charge on any atom is 0.108 e. The van der Waals surface area contributed by atoms with E-state index in [9.17, 15) is 0 Å². The zero-order chi connectivity index (χ0) is 32.0. The van der Waals surface area contributed by atoms with Crippen molar-refractivity contribution in [2.24, 2.45) is 0 Å². The molecule has 0 fully saturated rings. The van der Waals surface area contributed by atoms with Crippen molar-refractivity contribution in [1.82, 2.24) is 30.0 Å². The monoisotopic (exact) mass is 591 g/mol. The Labute approximate surface area is 252 Å². The van der Waals surface area contributed by atoms with Gasteiger partial charge in [-0.05, 0) is 26.7 Å². The van der Waals surface area contributed by atoms with Gasteiger partial charge >= 0.3 is 0 Å². The van der Waals surface area contributed by atoms with Gasteiger partial charge in [0, 0.05) is 26.3 Å². The van der Waals surface area contributed by atoms with Crippen LogP contribution in [0.4, 0.5) is 0 Å². The van der Waals surface area contributed by atoms with E-state index in [1.807, 2.05) is 81.6 Å². The summed E-state index contributed by atoms with van der Waals surface area (Å²) in [6.45, 7) is 32.2. The SMILES string of the molecule is CC.CC.CC.CC.CCCOCCOCCOCc1cn(CC)nn1.CCCOCCOCc1cn(CC)nn1. The number of hydrogen-bond acceptors (Lipinski definition) is 9. The van der Waals surface area contributed by atoms with Gasteiger partial charge < -0.3 is 23.7 Å². The summed E-state index contributed by atoms with van der Waals surface area (Å²) in [4.78, 5) is 0. The van der Waals surface area contributed by atoms with Crippen LogP contribution in [0.3, 0.4) is 0 Å². The Balaban J connectivity index is -0.000000270. The minimum Gasteiger partial charge on any atom is -0.379 e. The van der Waals surface area contributed by atoms with Crippen LogP contribution in [0.5, 0.6) is 0 Å². The van der Waals surface area contributed by atoms with Gasteiger partial charge in [-0.1, -0.05) is 79.7 Å². The highest BCUT2D eigenvalue weighted by Crippen LogP contribution is 1.97. The van der Waals surface area contributed by atoms with Gasteiger partial charge in [-0.15, -0.1) is 10.2 Å². The molecule has 2 heterocycles. The maximum absolute atomic E-state index is 5.42. The molecule has 0 saturated heterocycles. The van der Waals surface area contributed by atoms with Gasteiger partial charge in [0.15, 0.2) is 0 Å². The second-order valence-electron chi connectivity index (χ2n) is 7.07. The van der Waals surface area contributed by atoms with Crippen LogP contribution >= 0.6 is 0 Å². The molecule has 0 aromatic carbocycles. The van der Waals surface area contributed by atoms with Crippen LogP contribution < -0.4 is 0 Å². The van der Waals surface area contributed by atoms with E-state index in [0.717, 1.165) is 50.5 Å². The lowest BCUT2D eigenvalue weighted by atomic mass is 10.5. The molecule has 0 saturated carbocycles. The van der Waals surface area contributed by atoms with Crippen molar-refractivity contribution in [1.29, 1.82) is 0 Å². The fraction of sp³-hybridized carbons (Fsp3) is 0.867. The molecule has 0 bridgehead atoms. The number of aromatic nitrogens is 6. The summed E-state index contributed by atoms with van der Waals surface area (Å²) in [6, 6.07) is 0. The molecule has 0 aliphatic rings. The summed E-state index contributed by atoms with van der Waals surface area (Å²) >= 11 is 0. The minimum absolute atomic E-state index is 0.482. The number of ether oxygens (including phenoxy) is 5. The van der Waals surface area contributed by atoms with Gasteiger partial charge in [-0.25, -0.2) is 0 Å². The molecule has 11 heteroatoms. The molecule has 2 rings (SSSR count). The molecular weight excluding hydrogens is 524 g/mol. The van der Waals surface area contributed by atoms with Crippen molar-refractivity contribution in [2.75, 3.05) is 52.9 Å². The second kappa shape index (κ2) is 42.5. The van der Waals surface area contributed by atoms with Crippen LogP contribution in [0.25, 0.3) is 0 Å². The molecule has 0 N–H and O–H groups in total. The normalized spacial score (nSPS) is 9.37. The van der Waals surface area contributed by atoms with Gasteiger partial charge in [0.25, 0.3) is 0 Å². The molecule has 11 nitrogen and oxygen atoms in total. The largest absolute Gasteiger partial charge is 0.379 e. The standard InChI is InChI=1S/C12H23N3O3.C10H19N3O2.4C2H6/c1-3-5-16-6-7-17-8-9-18-11-12-10-15(4-2)14-13-12;1-3-5-14-6-7-15-9-10-8-13(4-2)12-11-10;4*1-2/h10H,3-9,11H2,1-2H3;8H,3-7,9H2,1-2H3;4*1-2H3. The summed E-state index contributed by atoms with van der Waals surface area (Å²) < 4.78 is 30.3. The summed E-state index contributed by atoms with van der Waals surface area (Å²) in [5, 5.41) is 15.8. The summed E-state index contributed by atoms with van der Waals surface area (Å²) in [5.74, 6) is 0. The van der Waals surface area contributed by atoms with Gasteiger partial charge in [0.05, 0.1) is 65.2 Å². The van der Waals surface area contributed by atoms with Crippen molar-refractivity contribution in [3.8, 4) is 0 Å². The molecule has 41 heavy (non-hydrogen) atoms. The van der Waals surface area contributed by atoms with Crippen LogP contribution in [0.2, 0.25) is 0 Å². The number of hydrogen-bond donors (Lipinski definition) is 0. The third-order valence-electron chi connectivity index (χ3n) is 4.13. The third-order valence-corrected chi connectivity index (χ3v) is 4.13. The molecule has 0 unspecified atom stereocenters. The topological polar surface area (TPSA) is 108 Å². The van der Waals surface area contributed by atoms with E-state index in [1.165, 1.54) is 0 Å². The first-order valence-electron chi connectivity index (χ1n) is 15.9. The van der Waals surface area contributed by atoms with Crippen LogP contribution in [0, 0.1) is 0 Å². The first kappa shape index (κ1) is 46.0. The smallest absolute Gasteiger partial charge is 0.108 e. The average Bonchev–Trinajstić information content (AvgIpc) is 3.72. The summed E-state index contributed by atoms with van der Waals surface area (Å²) in [6.07, 6.45) is 5.87. The number of nitrogens with zero attached hydrogens (tertiary/aromatic N) is 6. The molecule has 2 aromatic heterocycles. The van der Waals surface area contributed by atoms with Gasteiger partial charge in [0.2, 0.25) is 0 Å². The minimum atomic E-state index is 0.482. The predicted octanol–water partition coefficient (Wildman–Crippen LogP) is 6.60. The van der Waals surface area contributed by atoms with Crippen LogP contribution in [0.1, 0.15) is 107 Å². The second-order valence-corrected chi connectivity index (χ2v) is 7.07. The first-order valence-corrected chi connectivity index (χ1v) is 15.9. The molecule has 0 radical (unpaired) electrons. The lowest BCUT2D eigenvalue weighted by Gasteiger charge is -2.05. The van der Waals surface area contributed by atoms with Crippen molar-refractivity contribution in [3.63, 3.8) is 0 Å². The summed E-state index contributed by atoms with van der Waals surface area (Å²) in [7, 11) is 0. The van der Waals surface area contributed by atoms with E-state index in [0.29, 0.717) is 52.9 Å². The van der Waals surface area contributed by atoms with Crippen molar-refractivity contribution >= 4 is 0 Å². The highest BCUT2D eigenvalue weighted by atomic mass is 16.5. The fourth-order valence-electron chi connectivity index (χ4n) is 2.42. The molecule has 0 atom stereocenters.